The molecule has 0 saturated carbocycles. The van der Waals surface area contributed by atoms with Crippen LogP contribution in [0.3, 0.4) is 0 Å². The molecular formula is C4H3N3O5. The number of nitrogens with zero attached hydrogens (tertiary/aromatic N) is 3. The zero-order valence-electron chi connectivity index (χ0n) is 5.88. The number of carbonyl (C=O) groups excluding carboxylic acids is 1. The van der Waals surface area contributed by atoms with E-state index in [2.05, 4.69) is 9.79 Å². The maximum Gasteiger partial charge on any atom is 0.499 e. The molecule has 8 heteroatoms. The Morgan fingerprint density at radius 3 is 2.67 bits per heavy atom. The van der Waals surface area contributed by atoms with Crippen molar-refractivity contribution >= 4 is 11.6 Å². The normalized spacial score (nSPS) is 9.75. The monoisotopic (exact) mass is 173 g/mol. The summed E-state index contributed by atoms with van der Waals surface area (Å²) >= 11 is 0. The Balaban J connectivity index is 3.31. The third-order valence-electron chi connectivity index (χ3n) is 1.10. The minimum atomic E-state index is -1.03. The maximum absolute atomic E-state index is 10.6. The Morgan fingerprint density at radius 1 is 1.75 bits per heavy atom. The molecule has 0 spiro atoms. The van der Waals surface area contributed by atoms with Crippen molar-refractivity contribution in [3.05, 3.63) is 21.0 Å². The third kappa shape index (κ3) is 1.09. The highest BCUT2D eigenvalue weighted by Gasteiger charge is 2.34. The van der Waals surface area contributed by atoms with Crippen LogP contribution in [0.15, 0.2) is 4.63 Å². The van der Waals surface area contributed by atoms with Gasteiger partial charge in [-0.2, -0.15) is 4.63 Å². The van der Waals surface area contributed by atoms with Crippen LogP contribution in [0.4, 0.5) is 5.82 Å². The Kier molecular flexibility index (Phi) is 1.73. The first kappa shape index (κ1) is 8.11. The second kappa shape index (κ2) is 2.57. The number of hydrogen-bond acceptors (Lipinski definition) is 6. The van der Waals surface area contributed by atoms with Gasteiger partial charge in [-0.15, -0.1) is 0 Å². The van der Waals surface area contributed by atoms with Crippen LogP contribution in [-0.2, 0) is 0 Å². The van der Waals surface area contributed by atoms with Crippen molar-refractivity contribution in [2.45, 2.75) is 6.92 Å². The van der Waals surface area contributed by atoms with Crippen LogP contribution in [0.1, 0.15) is 17.4 Å². The van der Waals surface area contributed by atoms with Crippen molar-refractivity contribution in [3.63, 3.8) is 0 Å². The van der Waals surface area contributed by atoms with E-state index in [9.17, 15) is 20.1 Å². The molecule has 64 valence electrons. The highest BCUT2D eigenvalue weighted by atomic mass is 16.8. The number of ketones is 1. The molecule has 0 aliphatic carbocycles. The summed E-state index contributed by atoms with van der Waals surface area (Å²) < 4.78 is 3.87. The molecule has 0 bridgehead atoms. The van der Waals surface area contributed by atoms with Crippen LogP contribution >= 0.6 is 0 Å². The van der Waals surface area contributed by atoms with E-state index in [-0.39, 0.29) is 0 Å². The number of carbonyl (C=O) groups is 1. The SMILES string of the molecule is CC(=O)c1no[n+]([O-])c1[N+](=O)[O-]. The Hall–Kier alpha value is -1.99. The smallest absolute Gasteiger partial charge is 0.323 e. The number of nitro groups is 1. The van der Waals surface area contributed by atoms with Crippen molar-refractivity contribution in [2.24, 2.45) is 0 Å². The average molecular weight is 173 g/mol. The molecule has 0 amide bonds. The molecule has 1 heterocycles. The molecule has 8 nitrogen and oxygen atoms in total. The standard InChI is InChI=1S/C4H3N3O5/c1-2(8)3-4(6(9)10)7(11)12-5-3/h1H3. The molecule has 0 aromatic carbocycles. The fourth-order valence-electron chi connectivity index (χ4n) is 0.619. The van der Waals surface area contributed by atoms with E-state index in [1.54, 1.807) is 0 Å². The largest absolute Gasteiger partial charge is 0.499 e. The molecule has 0 saturated heterocycles. The zero-order valence-corrected chi connectivity index (χ0v) is 5.88. The summed E-state index contributed by atoms with van der Waals surface area (Å²) in [4.78, 5) is 19.3. The predicted octanol–water partition coefficient (Wildman–Crippen LogP) is -0.581. The van der Waals surface area contributed by atoms with Crippen LogP contribution in [-0.4, -0.2) is 15.9 Å². The van der Waals surface area contributed by atoms with Gasteiger partial charge in [0.05, 0.1) is 4.90 Å². The van der Waals surface area contributed by atoms with Gasteiger partial charge < -0.3 is 15.3 Å². The van der Waals surface area contributed by atoms with E-state index in [0.29, 0.717) is 0 Å². The summed E-state index contributed by atoms with van der Waals surface area (Å²) in [7, 11) is 0. The molecule has 0 radical (unpaired) electrons. The van der Waals surface area contributed by atoms with Crippen LogP contribution in [0, 0.1) is 15.3 Å². The van der Waals surface area contributed by atoms with Gasteiger partial charge in [0.15, 0.2) is 0 Å². The second-order valence-corrected chi connectivity index (χ2v) is 1.92. The van der Waals surface area contributed by atoms with Gasteiger partial charge in [0.25, 0.3) is 0 Å². The van der Waals surface area contributed by atoms with Gasteiger partial charge in [0, 0.05) is 11.8 Å². The molecular weight excluding hydrogens is 170 g/mol. The highest BCUT2D eigenvalue weighted by molar-refractivity contribution is 5.94. The van der Waals surface area contributed by atoms with Crippen molar-refractivity contribution in [3.8, 4) is 0 Å². The summed E-state index contributed by atoms with van der Waals surface area (Å²) in [5, 5.41) is 23.5. The Bertz CT molecular complexity index is 342. The first-order valence-electron chi connectivity index (χ1n) is 2.79. The van der Waals surface area contributed by atoms with Crippen LogP contribution in [0.25, 0.3) is 0 Å². The quantitative estimate of drug-likeness (QED) is 0.256. The summed E-state index contributed by atoms with van der Waals surface area (Å²) in [5.74, 6) is -1.68. The second-order valence-electron chi connectivity index (χ2n) is 1.92. The Labute approximate surface area is 65.1 Å². The first-order valence-corrected chi connectivity index (χ1v) is 2.79. The van der Waals surface area contributed by atoms with Crippen molar-refractivity contribution in [1.82, 2.24) is 5.16 Å². The van der Waals surface area contributed by atoms with Gasteiger partial charge in [0.2, 0.25) is 5.78 Å². The van der Waals surface area contributed by atoms with E-state index in [1.165, 1.54) is 0 Å². The number of rotatable bonds is 2. The maximum atomic E-state index is 10.6. The molecule has 0 N–H and O–H groups in total. The van der Waals surface area contributed by atoms with Gasteiger partial charge in [-0.3, -0.25) is 4.79 Å². The summed E-state index contributed by atoms with van der Waals surface area (Å²) in [6, 6.07) is 0. The third-order valence-corrected chi connectivity index (χ3v) is 1.10. The molecule has 1 rings (SSSR count). The lowest BCUT2D eigenvalue weighted by molar-refractivity contribution is -0.825. The van der Waals surface area contributed by atoms with Gasteiger partial charge >= 0.3 is 11.5 Å². The van der Waals surface area contributed by atoms with Crippen LogP contribution in [0.2, 0.25) is 0 Å². The summed E-state index contributed by atoms with van der Waals surface area (Å²) in [6.45, 7) is 1.05. The minimum absolute atomic E-state index is 0.420. The van der Waals surface area contributed by atoms with Gasteiger partial charge in [-0.05, 0) is 0 Å². The molecule has 1 aromatic rings. The van der Waals surface area contributed by atoms with Crippen molar-refractivity contribution in [1.29, 1.82) is 0 Å². The number of aromatic nitrogens is 2. The number of hydrogen-bond donors (Lipinski definition) is 0. The predicted molar refractivity (Wildman–Crippen MR) is 32.1 cm³/mol. The molecule has 0 unspecified atom stereocenters. The van der Waals surface area contributed by atoms with Gasteiger partial charge in [0.1, 0.15) is 5.16 Å². The first-order chi connectivity index (χ1) is 5.54. The fraction of sp³-hybridized carbons (Fsp3) is 0.250. The lowest BCUT2D eigenvalue weighted by atomic mass is 10.3. The molecule has 0 fully saturated rings. The fourth-order valence-corrected chi connectivity index (χ4v) is 0.619. The summed E-state index contributed by atoms with van der Waals surface area (Å²) in [5.41, 5.74) is -0.574. The van der Waals surface area contributed by atoms with Crippen LogP contribution < -0.4 is 4.90 Å². The van der Waals surface area contributed by atoms with E-state index in [4.69, 9.17) is 0 Å². The van der Waals surface area contributed by atoms with E-state index < -0.39 is 27.1 Å². The molecule has 0 aliphatic heterocycles. The molecule has 0 aliphatic rings. The zero-order chi connectivity index (χ0) is 9.30. The highest BCUT2D eigenvalue weighted by Crippen LogP contribution is 2.09. The lowest BCUT2D eigenvalue weighted by Gasteiger charge is -1.85. The van der Waals surface area contributed by atoms with Gasteiger partial charge in [-0.1, -0.05) is 0 Å². The van der Waals surface area contributed by atoms with E-state index in [0.717, 1.165) is 6.92 Å². The van der Waals surface area contributed by atoms with Crippen LogP contribution in [0.5, 0.6) is 0 Å². The van der Waals surface area contributed by atoms with Crippen molar-refractivity contribution < 1.29 is 19.2 Å². The number of Topliss-reactive ketones (excluding diaryl/α,β-unsaturated/α-hetero) is 1. The molecule has 1 aromatic heterocycles. The lowest BCUT2D eigenvalue weighted by Crippen LogP contribution is -2.26. The van der Waals surface area contributed by atoms with Crippen molar-refractivity contribution in [2.75, 3.05) is 0 Å². The van der Waals surface area contributed by atoms with E-state index in [1.807, 2.05) is 0 Å². The minimum Gasteiger partial charge on any atom is -0.323 e. The average Bonchev–Trinajstić information content (AvgIpc) is 2.30. The van der Waals surface area contributed by atoms with E-state index >= 15 is 0 Å². The summed E-state index contributed by atoms with van der Waals surface area (Å²) in [6.07, 6.45) is 0. The van der Waals surface area contributed by atoms with Gasteiger partial charge in [-0.25, -0.2) is 0 Å². The molecule has 12 heavy (non-hydrogen) atoms. The Morgan fingerprint density at radius 2 is 2.33 bits per heavy atom. The topological polar surface area (TPSA) is 113 Å². The molecule has 0 atom stereocenters.